The monoisotopic (exact) mass is 343 g/mol. The van der Waals surface area contributed by atoms with Gasteiger partial charge < -0.3 is 5.32 Å². The molecule has 0 spiro atoms. The van der Waals surface area contributed by atoms with E-state index in [9.17, 15) is 4.79 Å². The zero-order valence-corrected chi connectivity index (χ0v) is 15.3. The number of carbonyl (C=O) groups excluding carboxylic acids is 1. The van der Waals surface area contributed by atoms with Crippen molar-refractivity contribution in [3.63, 3.8) is 0 Å². The number of amides is 1. The normalized spacial score (nSPS) is 25.4. The number of nitrogens with zero attached hydrogens (tertiary/aromatic N) is 2. The van der Waals surface area contributed by atoms with E-state index in [4.69, 9.17) is 0 Å². The van der Waals surface area contributed by atoms with Gasteiger partial charge in [0.15, 0.2) is 0 Å². The van der Waals surface area contributed by atoms with Crippen molar-refractivity contribution in [1.29, 1.82) is 0 Å². The van der Waals surface area contributed by atoms with E-state index in [1.807, 2.05) is 31.2 Å². The number of nitrogens with one attached hydrogen (secondary N) is 1. The Labute approximate surface area is 147 Å². The molecule has 1 amide bonds. The molecule has 1 aromatic carbocycles. The summed E-state index contributed by atoms with van der Waals surface area (Å²) in [6.45, 7) is 6.49. The Hall–Kier alpha value is -1.62. The van der Waals surface area contributed by atoms with Gasteiger partial charge >= 0.3 is 0 Å². The van der Waals surface area contributed by atoms with E-state index < -0.39 is 0 Å². The van der Waals surface area contributed by atoms with Crippen molar-refractivity contribution < 1.29 is 4.79 Å². The smallest absolute Gasteiger partial charge is 0.233 e. The van der Waals surface area contributed by atoms with E-state index in [2.05, 4.69) is 29.1 Å². The topological polar surface area (TPSA) is 54.9 Å². The van der Waals surface area contributed by atoms with Gasteiger partial charge in [0.1, 0.15) is 11.4 Å². The molecule has 5 heteroatoms. The summed E-state index contributed by atoms with van der Waals surface area (Å²) in [5, 5.41) is 4.96. The standard InChI is InChI=1S/C19H25N3OS/c1-12-7-6-10-16(13(12)2)22-18(23)14(3)24-19-15-8-4-5-9-17(15)20-11-21-19/h4-5,8-9,11-14,16H,6-7,10H2,1-3H3,(H,22,23)/t12-,13+,14+,16+/m0/s1. The first-order chi connectivity index (χ1) is 11.6. The number of carbonyl (C=O) groups is 1. The van der Waals surface area contributed by atoms with Crippen LogP contribution >= 0.6 is 11.8 Å². The maximum atomic E-state index is 12.6. The lowest BCUT2D eigenvalue weighted by Crippen LogP contribution is -2.46. The first kappa shape index (κ1) is 17.2. The van der Waals surface area contributed by atoms with Crippen LogP contribution in [0.3, 0.4) is 0 Å². The lowest BCUT2D eigenvalue weighted by molar-refractivity contribution is -0.121. The highest BCUT2D eigenvalue weighted by Gasteiger charge is 2.29. The van der Waals surface area contributed by atoms with E-state index in [1.165, 1.54) is 24.6 Å². The quantitative estimate of drug-likeness (QED) is 0.672. The second-order valence-electron chi connectivity index (χ2n) is 6.84. The molecular formula is C19H25N3OS. The van der Waals surface area contributed by atoms with E-state index >= 15 is 0 Å². The van der Waals surface area contributed by atoms with Gasteiger partial charge in [0.2, 0.25) is 5.91 Å². The van der Waals surface area contributed by atoms with Gasteiger partial charge in [-0.25, -0.2) is 9.97 Å². The lowest BCUT2D eigenvalue weighted by atomic mass is 9.78. The second kappa shape index (κ2) is 7.51. The van der Waals surface area contributed by atoms with Crippen molar-refractivity contribution in [2.24, 2.45) is 11.8 Å². The molecule has 1 aliphatic rings. The molecule has 0 radical (unpaired) electrons. The lowest BCUT2D eigenvalue weighted by Gasteiger charge is -2.35. The highest BCUT2D eigenvalue weighted by Crippen LogP contribution is 2.31. The number of rotatable bonds is 4. The minimum atomic E-state index is -0.173. The van der Waals surface area contributed by atoms with Gasteiger partial charge in [0, 0.05) is 11.4 Å². The second-order valence-corrected chi connectivity index (χ2v) is 8.17. The summed E-state index contributed by atoms with van der Waals surface area (Å²) >= 11 is 1.51. The molecule has 0 unspecified atom stereocenters. The van der Waals surface area contributed by atoms with Crippen molar-refractivity contribution in [1.82, 2.24) is 15.3 Å². The van der Waals surface area contributed by atoms with Crippen LogP contribution in [0.5, 0.6) is 0 Å². The maximum Gasteiger partial charge on any atom is 0.233 e. The third-order valence-corrected chi connectivity index (χ3v) is 6.31. The van der Waals surface area contributed by atoms with Gasteiger partial charge in [-0.05, 0) is 31.2 Å². The maximum absolute atomic E-state index is 12.6. The van der Waals surface area contributed by atoms with Crippen molar-refractivity contribution in [3.8, 4) is 0 Å². The molecule has 4 nitrogen and oxygen atoms in total. The van der Waals surface area contributed by atoms with Crippen LogP contribution in [0.2, 0.25) is 0 Å². The van der Waals surface area contributed by atoms with Crippen LogP contribution in [0.15, 0.2) is 35.6 Å². The SMILES string of the molecule is C[C@@H]1[C@@H](C)CCC[C@H]1NC(=O)[C@@H](C)Sc1ncnc2ccccc12. The molecule has 3 rings (SSSR count). The molecule has 1 aliphatic carbocycles. The summed E-state index contributed by atoms with van der Waals surface area (Å²) in [6, 6.07) is 8.22. The van der Waals surface area contributed by atoms with E-state index in [1.54, 1.807) is 6.33 Å². The van der Waals surface area contributed by atoms with E-state index in [-0.39, 0.29) is 11.2 Å². The predicted octanol–water partition coefficient (Wildman–Crippen LogP) is 4.05. The zero-order chi connectivity index (χ0) is 17.1. The molecule has 128 valence electrons. The van der Waals surface area contributed by atoms with Crippen molar-refractivity contribution in [2.75, 3.05) is 0 Å². The number of para-hydroxylation sites is 1. The third-order valence-electron chi connectivity index (χ3n) is 5.20. The molecule has 1 aromatic heterocycles. The van der Waals surface area contributed by atoms with Crippen LogP contribution in [0.1, 0.15) is 40.0 Å². The fourth-order valence-corrected chi connectivity index (χ4v) is 4.30. The minimum absolute atomic E-state index is 0.105. The van der Waals surface area contributed by atoms with E-state index in [0.29, 0.717) is 17.9 Å². The van der Waals surface area contributed by atoms with Gasteiger partial charge in [-0.2, -0.15) is 0 Å². The molecule has 2 aromatic rings. The number of hydrogen-bond donors (Lipinski definition) is 1. The Kier molecular flexibility index (Phi) is 5.39. The Morgan fingerprint density at radius 1 is 1.25 bits per heavy atom. The first-order valence-corrected chi connectivity index (χ1v) is 9.61. The number of fused-ring (bicyclic) bond motifs is 1. The average molecular weight is 343 g/mol. The summed E-state index contributed by atoms with van der Waals surface area (Å²) in [5.74, 6) is 1.33. The Balaban J connectivity index is 1.67. The van der Waals surface area contributed by atoms with Crippen LogP contribution in [0.25, 0.3) is 10.9 Å². The molecule has 1 heterocycles. The van der Waals surface area contributed by atoms with Gasteiger partial charge in [-0.15, -0.1) is 0 Å². The highest BCUT2D eigenvalue weighted by molar-refractivity contribution is 8.00. The fraction of sp³-hybridized carbons (Fsp3) is 0.526. The largest absolute Gasteiger partial charge is 0.352 e. The number of thioether (sulfide) groups is 1. The van der Waals surface area contributed by atoms with Crippen molar-refractivity contribution in [2.45, 2.75) is 56.4 Å². The molecule has 4 atom stereocenters. The molecule has 0 aliphatic heterocycles. The Bertz CT molecular complexity index is 715. The average Bonchev–Trinajstić information content (AvgIpc) is 2.59. The summed E-state index contributed by atoms with van der Waals surface area (Å²) in [5.41, 5.74) is 0.914. The molecule has 0 saturated heterocycles. The predicted molar refractivity (Wildman–Crippen MR) is 99.0 cm³/mol. The van der Waals surface area contributed by atoms with Crippen LogP contribution in [0, 0.1) is 11.8 Å². The van der Waals surface area contributed by atoms with Gasteiger partial charge in [-0.1, -0.05) is 56.7 Å². The third kappa shape index (κ3) is 3.72. The van der Waals surface area contributed by atoms with Crippen LogP contribution in [0.4, 0.5) is 0 Å². The molecule has 24 heavy (non-hydrogen) atoms. The van der Waals surface area contributed by atoms with Crippen LogP contribution < -0.4 is 5.32 Å². The summed E-state index contributed by atoms with van der Waals surface area (Å²) in [4.78, 5) is 21.3. The molecular weight excluding hydrogens is 318 g/mol. The van der Waals surface area contributed by atoms with Crippen molar-refractivity contribution in [3.05, 3.63) is 30.6 Å². The highest BCUT2D eigenvalue weighted by atomic mass is 32.2. The molecule has 1 fully saturated rings. The first-order valence-electron chi connectivity index (χ1n) is 8.73. The number of benzene rings is 1. The van der Waals surface area contributed by atoms with Crippen LogP contribution in [-0.2, 0) is 4.79 Å². The Morgan fingerprint density at radius 3 is 2.88 bits per heavy atom. The van der Waals surface area contributed by atoms with Gasteiger partial charge in [0.05, 0.1) is 10.8 Å². The number of hydrogen-bond acceptors (Lipinski definition) is 4. The summed E-state index contributed by atoms with van der Waals surface area (Å²) in [6.07, 6.45) is 5.13. The van der Waals surface area contributed by atoms with Crippen molar-refractivity contribution >= 4 is 28.6 Å². The molecule has 1 N–H and O–H groups in total. The molecule has 0 bridgehead atoms. The minimum Gasteiger partial charge on any atom is -0.352 e. The van der Waals surface area contributed by atoms with Gasteiger partial charge in [-0.3, -0.25) is 4.79 Å². The molecule has 1 saturated carbocycles. The Morgan fingerprint density at radius 2 is 2.04 bits per heavy atom. The van der Waals surface area contributed by atoms with Crippen LogP contribution in [-0.4, -0.2) is 27.2 Å². The summed E-state index contributed by atoms with van der Waals surface area (Å²) in [7, 11) is 0. The van der Waals surface area contributed by atoms with E-state index in [0.717, 1.165) is 22.3 Å². The summed E-state index contributed by atoms with van der Waals surface area (Å²) < 4.78 is 0. The zero-order valence-electron chi connectivity index (χ0n) is 14.5. The number of aromatic nitrogens is 2. The van der Waals surface area contributed by atoms with Gasteiger partial charge in [0.25, 0.3) is 0 Å². The fourth-order valence-electron chi connectivity index (χ4n) is 3.38.